The van der Waals surface area contributed by atoms with E-state index in [0.717, 1.165) is 10.6 Å². The number of aryl methyl sites for hydroxylation is 2. The predicted molar refractivity (Wildman–Crippen MR) is 110 cm³/mol. The Kier molecular flexibility index (Phi) is 5.77. The summed E-state index contributed by atoms with van der Waals surface area (Å²) in [5.74, 6) is -0.755. The van der Waals surface area contributed by atoms with E-state index in [9.17, 15) is 21.6 Å². The van der Waals surface area contributed by atoms with Crippen LogP contribution in [-0.4, -0.2) is 36.0 Å². The van der Waals surface area contributed by atoms with E-state index in [2.05, 4.69) is 4.72 Å². The first-order valence-corrected chi connectivity index (χ1v) is 11.6. The number of amides is 1. The largest absolute Gasteiger partial charge is 0.366 e. The molecule has 0 radical (unpaired) electrons. The van der Waals surface area contributed by atoms with Gasteiger partial charge in [0.25, 0.3) is 15.9 Å². The van der Waals surface area contributed by atoms with Gasteiger partial charge in [-0.15, -0.1) is 0 Å². The zero-order valence-corrected chi connectivity index (χ0v) is 17.9. The summed E-state index contributed by atoms with van der Waals surface area (Å²) < 4.78 is 53.5. The number of primary amides is 1. The highest BCUT2D eigenvalue weighted by atomic mass is 32.2. The van der Waals surface area contributed by atoms with E-state index in [0.29, 0.717) is 11.1 Å². The molecule has 0 spiro atoms. The average molecular weight is 426 g/mol. The first kappa shape index (κ1) is 21.7. The van der Waals surface area contributed by atoms with Gasteiger partial charge in [-0.25, -0.2) is 16.8 Å². The molecule has 1 amide bonds. The van der Waals surface area contributed by atoms with Crippen molar-refractivity contribution in [3.05, 3.63) is 52.6 Å². The van der Waals surface area contributed by atoms with Gasteiger partial charge >= 0.3 is 0 Å². The number of benzene rings is 2. The number of sulfonamides is 2. The van der Waals surface area contributed by atoms with Gasteiger partial charge in [0.15, 0.2) is 0 Å². The summed E-state index contributed by atoms with van der Waals surface area (Å²) in [7, 11) is -6.40. The first-order chi connectivity index (χ1) is 12.8. The summed E-state index contributed by atoms with van der Waals surface area (Å²) in [6.45, 7) is 4.86. The van der Waals surface area contributed by atoms with Gasteiger partial charge < -0.3 is 5.73 Å². The van der Waals surface area contributed by atoms with Gasteiger partial charge in [0.1, 0.15) is 0 Å². The second-order valence-corrected chi connectivity index (χ2v) is 10.2. The van der Waals surface area contributed by atoms with E-state index >= 15 is 0 Å². The summed E-state index contributed by atoms with van der Waals surface area (Å²) in [5.41, 5.74) is 7.10. The minimum atomic E-state index is -4.11. The van der Waals surface area contributed by atoms with Crippen molar-refractivity contribution in [3.63, 3.8) is 0 Å². The molecule has 0 aliphatic carbocycles. The second-order valence-electron chi connectivity index (χ2n) is 6.57. The maximum Gasteiger partial charge on any atom is 0.264 e. The van der Waals surface area contributed by atoms with Crippen molar-refractivity contribution in [2.24, 2.45) is 5.73 Å². The molecule has 0 saturated carbocycles. The number of nitrogens with zero attached hydrogens (tertiary/aromatic N) is 1. The van der Waals surface area contributed by atoms with E-state index in [4.69, 9.17) is 5.73 Å². The van der Waals surface area contributed by atoms with Crippen LogP contribution in [0.2, 0.25) is 0 Å². The normalized spacial score (nSPS) is 11.9. The van der Waals surface area contributed by atoms with E-state index in [1.807, 2.05) is 0 Å². The molecule has 0 atom stereocenters. The fourth-order valence-electron chi connectivity index (χ4n) is 3.13. The van der Waals surface area contributed by atoms with Crippen LogP contribution in [-0.2, 0) is 20.0 Å². The van der Waals surface area contributed by atoms with Crippen LogP contribution in [0.4, 0.5) is 11.4 Å². The van der Waals surface area contributed by atoms with Crippen LogP contribution in [0, 0.1) is 20.8 Å². The predicted octanol–water partition coefficient (Wildman–Crippen LogP) is 1.91. The zero-order valence-electron chi connectivity index (χ0n) is 16.3. The van der Waals surface area contributed by atoms with Crippen LogP contribution in [0.5, 0.6) is 0 Å². The van der Waals surface area contributed by atoms with Gasteiger partial charge in [0, 0.05) is 7.05 Å². The molecule has 0 heterocycles. The number of nitrogens with one attached hydrogen (secondary N) is 1. The fraction of sp³-hybridized carbons (Fsp3) is 0.278. The topological polar surface area (TPSA) is 127 Å². The van der Waals surface area contributed by atoms with E-state index in [-0.39, 0.29) is 27.4 Å². The standard InChI is InChI=1S/C18H23N3O5S2/c1-11-10-12(2)17(13(3)16(11)20-27(5,23)24)28(25,26)21(4)15-9-7-6-8-14(15)18(19)22/h6-10,20H,1-5H3,(H2,19,22). The van der Waals surface area contributed by atoms with E-state index < -0.39 is 26.0 Å². The summed E-state index contributed by atoms with van der Waals surface area (Å²) >= 11 is 0. The van der Waals surface area contributed by atoms with E-state index in [1.165, 1.54) is 26.1 Å². The molecule has 28 heavy (non-hydrogen) atoms. The van der Waals surface area contributed by atoms with Crippen molar-refractivity contribution >= 4 is 37.3 Å². The Morgan fingerprint density at radius 2 is 1.61 bits per heavy atom. The SMILES string of the molecule is Cc1cc(C)c(S(=O)(=O)N(C)c2ccccc2C(N)=O)c(C)c1NS(C)(=O)=O. The number of hydrogen-bond donors (Lipinski definition) is 2. The molecule has 0 aromatic heterocycles. The highest BCUT2D eigenvalue weighted by Gasteiger charge is 2.29. The average Bonchev–Trinajstić information content (AvgIpc) is 2.56. The Balaban J connectivity index is 2.73. The molecule has 0 saturated heterocycles. The number of hydrogen-bond acceptors (Lipinski definition) is 5. The Hall–Kier alpha value is -2.59. The molecule has 0 aliphatic heterocycles. The molecular formula is C18H23N3O5S2. The van der Waals surface area contributed by atoms with Crippen molar-refractivity contribution in [1.29, 1.82) is 0 Å². The minimum absolute atomic E-state index is 0.0361. The van der Waals surface area contributed by atoms with E-state index in [1.54, 1.807) is 32.0 Å². The smallest absolute Gasteiger partial charge is 0.264 e. The molecule has 0 unspecified atom stereocenters. The van der Waals surface area contributed by atoms with Crippen LogP contribution in [0.1, 0.15) is 27.0 Å². The van der Waals surface area contributed by atoms with Crippen LogP contribution in [0.15, 0.2) is 35.2 Å². The van der Waals surface area contributed by atoms with Crippen LogP contribution >= 0.6 is 0 Å². The molecule has 3 N–H and O–H groups in total. The van der Waals surface area contributed by atoms with Gasteiger partial charge in [-0.1, -0.05) is 18.2 Å². The maximum absolute atomic E-state index is 13.4. The molecular weight excluding hydrogens is 402 g/mol. The Bertz CT molecular complexity index is 1160. The van der Waals surface area contributed by atoms with Crippen molar-refractivity contribution in [2.75, 3.05) is 22.3 Å². The lowest BCUT2D eigenvalue weighted by atomic mass is 10.1. The number of carbonyl (C=O) groups is 1. The Labute approximate surface area is 165 Å². The highest BCUT2D eigenvalue weighted by Crippen LogP contribution is 2.34. The van der Waals surface area contributed by atoms with Gasteiger partial charge in [-0.2, -0.15) is 0 Å². The molecule has 10 heteroatoms. The Morgan fingerprint density at radius 3 is 2.14 bits per heavy atom. The fourth-order valence-corrected chi connectivity index (χ4v) is 5.46. The van der Waals surface area contributed by atoms with Gasteiger partial charge in [-0.05, 0) is 49.6 Å². The number of nitrogens with two attached hydrogens (primary N) is 1. The first-order valence-electron chi connectivity index (χ1n) is 8.23. The van der Waals surface area contributed by atoms with Crippen molar-refractivity contribution in [2.45, 2.75) is 25.7 Å². The number of anilines is 2. The monoisotopic (exact) mass is 425 g/mol. The van der Waals surface area contributed by atoms with Crippen LogP contribution < -0.4 is 14.8 Å². The molecule has 0 bridgehead atoms. The number of rotatable bonds is 6. The number of carbonyl (C=O) groups excluding carboxylic acids is 1. The Morgan fingerprint density at radius 1 is 1.04 bits per heavy atom. The summed E-state index contributed by atoms with van der Waals surface area (Å²) in [4.78, 5) is 11.7. The highest BCUT2D eigenvalue weighted by molar-refractivity contribution is 7.93. The summed E-state index contributed by atoms with van der Waals surface area (Å²) in [5, 5.41) is 0. The maximum atomic E-state index is 13.4. The lowest BCUT2D eigenvalue weighted by Gasteiger charge is -2.25. The third-order valence-electron chi connectivity index (χ3n) is 4.32. The van der Waals surface area contributed by atoms with Crippen molar-refractivity contribution in [3.8, 4) is 0 Å². The van der Waals surface area contributed by atoms with Crippen LogP contribution in [0.3, 0.4) is 0 Å². The molecule has 2 aromatic rings. The lowest BCUT2D eigenvalue weighted by Crippen LogP contribution is -2.30. The third-order valence-corrected chi connectivity index (χ3v) is 6.95. The molecule has 2 rings (SSSR count). The lowest BCUT2D eigenvalue weighted by molar-refractivity contribution is 0.100. The molecule has 2 aromatic carbocycles. The van der Waals surface area contributed by atoms with Crippen molar-refractivity contribution < 1.29 is 21.6 Å². The number of para-hydroxylation sites is 1. The third kappa shape index (κ3) is 4.12. The van der Waals surface area contributed by atoms with Crippen LogP contribution in [0.25, 0.3) is 0 Å². The zero-order chi connectivity index (χ0) is 21.4. The minimum Gasteiger partial charge on any atom is -0.366 e. The summed E-state index contributed by atoms with van der Waals surface area (Å²) in [6, 6.07) is 7.70. The second kappa shape index (κ2) is 7.44. The van der Waals surface area contributed by atoms with Crippen molar-refractivity contribution in [1.82, 2.24) is 0 Å². The molecule has 152 valence electrons. The quantitative estimate of drug-likeness (QED) is 0.731. The molecule has 0 aliphatic rings. The summed E-state index contributed by atoms with van der Waals surface area (Å²) in [6.07, 6.45) is 0.995. The molecule has 8 nitrogen and oxygen atoms in total. The van der Waals surface area contributed by atoms with Gasteiger partial charge in [0.2, 0.25) is 10.0 Å². The van der Waals surface area contributed by atoms with Gasteiger partial charge in [0.05, 0.1) is 28.1 Å². The molecule has 0 fully saturated rings. The van der Waals surface area contributed by atoms with Gasteiger partial charge in [-0.3, -0.25) is 13.8 Å².